The molecule has 0 aliphatic heterocycles. The van der Waals surface area contributed by atoms with Gasteiger partial charge < -0.3 is 9.73 Å². The van der Waals surface area contributed by atoms with Crippen LogP contribution in [0.3, 0.4) is 0 Å². The number of anilines is 1. The smallest absolute Gasteiger partial charge is 0.142 e. The van der Waals surface area contributed by atoms with E-state index in [1.165, 1.54) is 71.6 Å². The number of fused-ring (bicyclic) bond motifs is 13. The second-order valence-corrected chi connectivity index (χ2v) is 13.7. The Labute approximate surface area is 290 Å². The molecule has 1 heterocycles. The average molecular weight is 638 g/mol. The summed E-state index contributed by atoms with van der Waals surface area (Å²) < 4.78 is 6.51. The van der Waals surface area contributed by atoms with Gasteiger partial charge in [0.25, 0.3) is 0 Å². The first-order valence-electron chi connectivity index (χ1n) is 17.5. The summed E-state index contributed by atoms with van der Waals surface area (Å²) in [4.78, 5) is 0. The van der Waals surface area contributed by atoms with Crippen molar-refractivity contribution < 1.29 is 4.42 Å². The second kappa shape index (κ2) is 10.3. The fourth-order valence-electron chi connectivity index (χ4n) is 9.32. The van der Waals surface area contributed by atoms with Crippen LogP contribution in [0, 0.1) is 11.8 Å². The van der Waals surface area contributed by atoms with Crippen molar-refractivity contribution in [2.75, 3.05) is 5.32 Å². The van der Waals surface area contributed by atoms with Crippen LogP contribution in [0.15, 0.2) is 156 Å². The summed E-state index contributed by atoms with van der Waals surface area (Å²) in [6, 6.07) is 48.5. The van der Waals surface area contributed by atoms with Gasteiger partial charge in [0.15, 0.2) is 0 Å². The molecule has 234 valence electrons. The lowest BCUT2D eigenvalue weighted by molar-refractivity contribution is 0.667. The summed E-state index contributed by atoms with van der Waals surface area (Å²) in [6.07, 6.45) is 7.13. The maximum atomic E-state index is 6.51. The molecule has 0 atom stereocenters. The van der Waals surface area contributed by atoms with Crippen LogP contribution >= 0.6 is 0 Å². The molecule has 0 bridgehead atoms. The third-order valence-corrected chi connectivity index (χ3v) is 11.3. The SMILES string of the molecule is C1#CC2=C(C=CC1)C1(c3ccccc3-c3ccccc31)c1cccc(NC3=c4ccccc4=C(c4cccc5c4oc4ccccc45)CC3)c12. The molecule has 0 saturated carbocycles. The number of hydrogen-bond donors (Lipinski definition) is 1. The van der Waals surface area contributed by atoms with Gasteiger partial charge in [-0.15, -0.1) is 0 Å². The van der Waals surface area contributed by atoms with Gasteiger partial charge in [-0.1, -0.05) is 145 Å². The molecule has 0 radical (unpaired) electrons. The van der Waals surface area contributed by atoms with Gasteiger partial charge in [-0.2, -0.15) is 0 Å². The molecule has 1 spiro atoms. The zero-order chi connectivity index (χ0) is 32.8. The van der Waals surface area contributed by atoms with Crippen LogP contribution in [0.25, 0.3) is 49.9 Å². The highest BCUT2D eigenvalue weighted by atomic mass is 16.3. The predicted octanol–water partition coefficient (Wildman–Crippen LogP) is 9.84. The Morgan fingerprint density at radius 2 is 1.28 bits per heavy atom. The van der Waals surface area contributed by atoms with Gasteiger partial charge in [0.2, 0.25) is 0 Å². The molecule has 0 unspecified atom stereocenters. The summed E-state index contributed by atoms with van der Waals surface area (Å²) in [5, 5.41) is 8.86. The first-order valence-corrected chi connectivity index (χ1v) is 17.5. The minimum atomic E-state index is -0.410. The van der Waals surface area contributed by atoms with E-state index in [2.05, 4.69) is 157 Å². The van der Waals surface area contributed by atoms with E-state index in [4.69, 9.17) is 4.42 Å². The topological polar surface area (TPSA) is 25.2 Å². The highest BCUT2D eigenvalue weighted by molar-refractivity contribution is 6.08. The monoisotopic (exact) mass is 637 g/mol. The molecule has 11 rings (SSSR count). The molecule has 2 heteroatoms. The molecule has 4 aliphatic rings. The van der Waals surface area contributed by atoms with E-state index in [1.807, 2.05) is 6.07 Å². The maximum Gasteiger partial charge on any atom is 0.142 e. The Balaban J connectivity index is 1.14. The molecular formula is C48H31NO. The standard InChI is InChI=1S/C48H31NO/c1-2-19-38-41(22-3-1)48(39-23-9-6-15-32(39)33-16-7-10-24-40(33)48)42-25-13-26-44(46(38)42)49-43-29-28-31(30-14-4-5-17-34(30)43)36-20-12-21-37-35-18-8-11-27-45(35)50-47(36)37/h3-18,20-27,49H,1,28-29H2. The van der Waals surface area contributed by atoms with Gasteiger partial charge in [-0.05, 0) is 69.2 Å². The van der Waals surface area contributed by atoms with Crippen molar-refractivity contribution in [2.24, 2.45) is 0 Å². The quantitative estimate of drug-likeness (QED) is 0.195. The predicted molar refractivity (Wildman–Crippen MR) is 205 cm³/mol. The van der Waals surface area contributed by atoms with Crippen molar-refractivity contribution >= 4 is 44.5 Å². The Kier molecular flexibility index (Phi) is 5.72. The molecule has 6 aromatic carbocycles. The maximum absolute atomic E-state index is 6.51. The summed E-state index contributed by atoms with van der Waals surface area (Å²) in [6.45, 7) is 0. The number of para-hydroxylation sites is 2. The van der Waals surface area contributed by atoms with Crippen molar-refractivity contribution in [2.45, 2.75) is 24.7 Å². The van der Waals surface area contributed by atoms with E-state index >= 15 is 0 Å². The summed E-state index contributed by atoms with van der Waals surface area (Å²) in [7, 11) is 0. The number of allylic oxidation sites excluding steroid dienone is 4. The highest BCUT2D eigenvalue weighted by Gasteiger charge is 2.52. The largest absolute Gasteiger partial charge is 0.455 e. The summed E-state index contributed by atoms with van der Waals surface area (Å²) in [5.74, 6) is 7.14. The molecule has 4 aliphatic carbocycles. The zero-order valence-corrected chi connectivity index (χ0v) is 27.4. The second-order valence-electron chi connectivity index (χ2n) is 13.7. The van der Waals surface area contributed by atoms with E-state index in [0.29, 0.717) is 0 Å². The number of hydrogen-bond acceptors (Lipinski definition) is 2. The van der Waals surface area contributed by atoms with Crippen molar-refractivity contribution in [1.82, 2.24) is 0 Å². The molecular weight excluding hydrogens is 607 g/mol. The Bertz CT molecular complexity index is 2840. The van der Waals surface area contributed by atoms with E-state index in [9.17, 15) is 0 Å². The van der Waals surface area contributed by atoms with Crippen molar-refractivity contribution in [3.8, 4) is 23.0 Å². The van der Waals surface area contributed by atoms with Crippen LogP contribution in [-0.2, 0) is 5.41 Å². The number of benzene rings is 6. The average Bonchev–Trinajstić information content (AvgIpc) is 3.71. The van der Waals surface area contributed by atoms with E-state index in [1.54, 1.807) is 0 Å². The van der Waals surface area contributed by atoms with Crippen LogP contribution in [0.1, 0.15) is 47.1 Å². The molecule has 1 N–H and O–H groups in total. The van der Waals surface area contributed by atoms with Crippen molar-refractivity contribution in [3.05, 3.63) is 189 Å². The number of nitrogens with one attached hydrogen (secondary N) is 1. The normalized spacial score (nSPS) is 16.1. The van der Waals surface area contributed by atoms with Gasteiger partial charge in [0, 0.05) is 50.5 Å². The van der Waals surface area contributed by atoms with Crippen molar-refractivity contribution in [1.29, 1.82) is 0 Å². The van der Waals surface area contributed by atoms with Crippen LogP contribution in [0.2, 0.25) is 0 Å². The minimum absolute atomic E-state index is 0.410. The fourth-order valence-corrected chi connectivity index (χ4v) is 9.32. The van der Waals surface area contributed by atoms with Crippen LogP contribution in [0.4, 0.5) is 5.69 Å². The van der Waals surface area contributed by atoms with Crippen LogP contribution in [-0.4, -0.2) is 0 Å². The van der Waals surface area contributed by atoms with E-state index in [0.717, 1.165) is 47.1 Å². The van der Waals surface area contributed by atoms with Gasteiger partial charge in [-0.3, -0.25) is 0 Å². The highest BCUT2D eigenvalue weighted by Crippen LogP contribution is 2.63. The first-order chi connectivity index (χ1) is 24.8. The summed E-state index contributed by atoms with van der Waals surface area (Å²) in [5.41, 5.74) is 16.6. The van der Waals surface area contributed by atoms with Crippen molar-refractivity contribution in [3.63, 3.8) is 0 Å². The lowest BCUT2D eigenvalue weighted by Gasteiger charge is -2.31. The van der Waals surface area contributed by atoms with Crippen LogP contribution < -0.4 is 15.8 Å². The molecule has 0 amide bonds. The third-order valence-electron chi connectivity index (χ3n) is 11.3. The van der Waals surface area contributed by atoms with Crippen LogP contribution in [0.5, 0.6) is 0 Å². The Hall–Kier alpha value is -6.30. The van der Waals surface area contributed by atoms with Gasteiger partial charge >= 0.3 is 0 Å². The minimum Gasteiger partial charge on any atom is -0.455 e. The van der Waals surface area contributed by atoms with E-state index in [-0.39, 0.29) is 0 Å². The molecule has 1 aromatic heterocycles. The Morgan fingerprint density at radius 3 is 2.14 bits per heavy atom. The Morgan fingerprint density at radius 1 is 0.600 bits per heavy atom. The fraction of sp³-hybridized carbons (Fsp3) is 0.0833. The van der Waals surface area contributed by atoms with Gasteiger partial charge in [-0.25, -0.2) is 0 Å². The number of furan rings is 1. The lowest BCUT2D eigenvalue weighted by Crippen LogP contribution is -2.34. The van der Waals surface area contributed by atoms with E-state index < -0.39 is 5.41 Å². The lowest BCUT2D eigenvalue weighted by atomic mass is 9.69. The van der Waals surface area contributed by atoms with Gasteiger partial charge in [0.1, 0.15) is 11.2 Å². The number of rotatable bonds is 3. The molecule has 0 saturated heterocycles. The molecule has 2 nitrogen and oxygen atoms in total. The molecule has 0 fully saturated rings. The first kappa shape index (κ1) is 27.6. The molecule has 50 heavy (non-hydrogen) atoms. The molecule has 7 aromatic rings. The zero-order valence-electron chi connectivity index (χ0n) is 27.4. The van der Waals surface area contributed by atoms with Gasteiger partial charge in [0.05, 0.1) is 5.41 Å². The third kappa shape index (κ3) is 3.59. The summed E-state index contributed by atoms with van der Waals surface area (Å²) >= 11 is 0.